The number of aryl methyl sites for hydroxylation is 1. The molecule has 0 spiro atoms. The first-order chi connectivity index (χ1) is 8.38. The maximum Gasteiger partial charge on any atom is 0.350 e. The molecule has 0 aliphatic carbocycles. The maximum atomic E-state index is 11.8. The molecule has 0 aliphatic heterocycles. The monoisotopic (exact) mass is 255 g/mol. The van der Waals surface area contributed by atoms with E-state index in [9.17, 15) is 24.5 Å². The lowest BCUT2D eigenvalue weighted by molar-refractivity contribution is -0.387. The molecule has 0 aromatic carbocycles. The van der Waals surface area contributed by atoms with Gasteiger partial charge in [-0.3, -0.25) is 28.8 Å². The molecule has 0 radical (unpaired) electrons. The highest BCUT2D eigenvalue weighted by Gasteiger charge is 2.19. The summed E-state index contributed by atoms with van der Waals surface area (Å²) >= 11 is 0. The van der Waals surface area contributed by atoms with Gasteiger partial charge >= 0.3 is 16.9 Å². The first kappa shape index (κ1) is 13.8. The van der Waals surface area contributed by atoms with E-state index in [1.165, 1.54) is 6.92 Å². The Kier molecular flexibility index (Phi) is 4.13. The number of Topliss-reactive ketones (excluding diaryl/α,β-unsaturated/α-hetero) is 1. The fourth-order valence-corrected chi connectivity index (χ4v) is 1.46. The van der Waals surface area contributed by atoms with E-state index in [1.807, 2.05) is 0 Å². The fraction of sp³-hybridized carbons (Fsp3) is 0.500. The van der Waals surface area contributed by atoms with Crippen LogP contribution in [0.3, 0.4) is 0 Å². The molecule has 0 fully saturated rings. The maximum absolute atomic E-state index is 11.8. The Morgan fingerprint density at radius 3 is 2.50 bits per heavy atom. The molecule has 0 atom stereocenters. The van der Waals surface area contributed by atoms with Crippen LogP contribution in [0.5, 0.6) is 0 Å². The van der Waals surface area contributed by atoms with Gasteiger partial charge in [0.1, 0.15) is 5.78 Å². The number of rotatable bonds is 5. The summed E-state index contributed by atoms with van der Waals surface area (Å²) in [6.45, 7) is 3.01. The summed E-state index contributed by atoms with van der Waals surface area (Å²) in [5.41, 5.74) is -2.29. The Morgan fingerprint density at radius 1 is 1.44 bits per heavy atom. The van der Waals surface area contributed by atoms with Gasteiger partial charge < -0.3 is 0 Å². The lowest BCUT2D eigenvalue weighted by atomic mass is 10.3. The highest BCUT2D eigenvalue weighted by Crippen LogP contribution is 2.00. The summed E-state index contributed by atoms with van der Waals surface area (Å²) < 4.78 is 1.79. The van der Waals surface area contributed by atoms with Gasteiger partial charge in [-0.1, -0.05) is 0 Å². The van der Waals surface area contributed by atoms with Crippen molar-refractivity contribution in [2.45, 2.75) is 33.4 Å². The van der Waals surface area contributed by atoms with Crippen LogP contribution in [0.25, 0.3) is 0 Å². The number of nitro groups is 1. The van der Waals surface area contributed by atoms with Gasteiger partial charge in [-0.2, -0.15) is 0 Å². The first-order valence-corrected chi connectivity index (χ1v) is 5.36. The third-order valence-electron chi connectivity index (χ3n) is 2.44. The summed E-state index contributed by atoms with van der Waals surface area (Å²) in [6, 6.07) is 0. The van der Waals surface area contributed by atoms with Crippen molar-refractivity contribution in [2.75, 3.05) is 0 Å². The number of ketones is 1. The quantitative estimate of drug-likeness (QED) is 0.540. The minimum absolute atomic E-state index is 0.0139. The third kappa shape index (κ3) is 2.70. The molecule has 0 N–H and O–H groups in total. The smallest absolute Gasteiger partial charge is 0.300 e. The number of carbonyl (C=O) groups is 1. The molecule has 0 saturated carbocycles. The fourth-order valence-electron chi connectivity index (χ4n) is 1.46. The molecule has 8 heteroatoms. The summed E-state index contributed by atoms with van der Waals surface area (Å²) in [5.74, 6) is -0.198. The zero-order valence-electron chi connectivity index (χ0n) is 10.1. The molecule has 0 amide bonds. The van der Waals surface area contributed by atoms with Crippen molar-refractivity contribution in [3.05, 3.63) is 37.1 Å². The minimum Gasteiger partial charge on any atom is -0.300 e. The van der Waals surface area contributed by atoms with Crippen LogP contribution >= 0.6 is 0 Å². The second-order valence-electron chi connectivity index (χ2n) is 3.75. The molecule has 98 valence electrons. The second-order valence-corrected chi connectivity index (χ2v) is 3.75. The summed E-state index contributed by atoms with van der Waals surface area (Å²) in [5, 5.41) is 10.7. The Bertz CT molecular complexity index is 599. The lowest BCUT2D eigenvalue weighted by Gasteiger charge is -2.07. The number of aromatic nitrogens is 2. The van der Waals surface area contributed by atoms with E-state index < -0.39 is 21.9 Å². The van der Waals surface area contributed by atoms with Crippen LogP contribution in [-0.4, -0.2) is 19.8 Å². The average Bonchev–Trinajstić information content (AvgIpc) is 2.28. The van der Waals surface area contributed by atoms with Crippen molar-refractivity contribution >= 4 is 11.5 Å². The lowest BCUT2D eigenvalue weighted by Crippen LogP contribution is -2.40. The molecule has 0 aliphatic rings. The molecule has 8 nitrogen and oxygen atoms in total. The molecule has 0 unspecified atom stereocenters. The van der Waals surface area contributed by atoms with E-state index in [4.69, 9.17) is 0 Å². The Hall–Kier alpha value is -2.25. The topological polar surface area (TPSA) is 104 Å². The summed E-state index contributed by atoms with van der Waals surface area (Å²) in [4.78, 5) is 44.2. The number of carbonyl (C=O) groups excluding carboxylic acids is 1. The van der Waals surface area contributed by atoms with Crippen LogP contribution in [0.1, 0.15) is 20.3 Å². The zero-order valence-corrected chi connectivity index (χ0v) is 10.1. The van der Waals surface area contributed by atoms with Crippen LogP contribution in [-0.2, 0) is 17.9 Å². The number of hydrogen-bond acceptors (Lipinski definition) is 5. The van der Waals surface area contributed by atoms with Gasteiger partial charge in [0.15, 0.2) is 0 Å². The highest BCUT2D eigenvalue weighted by molar-refractivity contribution is 5.75. The molecule has 0 bridgehead atoms. The van der Waals surface area contributed by atoms with Gasteiger partial charge in [0.25, 0.3) is 0 Å². The van der Waals surface area contributed by atoms with Gasteiger partial charge in [0.05, 0.1) is 11.1 Å². The van der Waals surface area contributed by atoms with Gasteiger partial charge in [0, 0.05) is 19.5 Å². The predicted octanol–water partition coefficient (Wildman–Crippen LogP) is -0.0828. The van der Waals surface area contributed by atoms with Crippen molar-refractivity contribution in [2.24, 2.45) is 0 Å². The van der Waals surface area contributed by atoms with Gasteiger partial charge in [-0.05, 0) is 13.8 Å². The third-order valence-corrected chi connectivity index (χ3v) is 2.44. The van der Waals surface area contributed by atoms with E-state index in [0.29, 0.717) is 0 Å². The molecule has 1 aromatic heterocycles. The molecule has 1 rings (SSSR count). The number of hydrogen-bond donors (Lipinski definition) is 0. The second kappa shape index (κ2) is 5.39. The molecule has 1 heterocycles. The zero-order chi connectivity index (χ0) is 13.9. The van der Waals surface area contributed by atoms with Crippen molar-refractivity contribution < 1.29 is 9.72 Å². The Labute approximate surface area is 102 Å². The van der Waals surface area contributed by atoms with E-state index in [1.54, 1.807) is 6.92 Å². The van der Waals surface area contributed by atoms with Crippen molar-refractivity contribution in [1.29, 1.82) is 0 Å². The van der Waals surface area contributed by atoms with Crippen molar-refractivity contribution in [3.63, 3.8) is 0 Å². The van der Waals surface area contributed by atoms with Crippen molar-refractivity contribution in [3.8, 4) is 0 Å². The average molecular weight is 255 g/mol. The molecule has 0 saturated heterocycles. The van der Waals surface area contributed by atoms with E-state index in [0.717, 1.165) is 15.3 Å². The summed E-state index contributed by atoms with van der Waals surface area (Å²) in [7, 11) is 0. The molecular formula is C10H13N3O5. The molecule has 18 heavy (non-hydrogen) atoms. The van der Waals surface area contributed by atoms with Crippen LogP contribution in [0.15, 0.2) is 15.8 Å². The van der Waals surface area contributed by atoms with E-state index >= 15 is 0 Å². The van der Waals surface area contributed by atoms with Gasteiger partial charge in [-0.15, -0.1) is 0 Å². The van der Waals surface area contributed by atoms with Crippen LogP contribution in [0.4, 0.5) is 5.69 Å². The normalized spacial score (nSPS) is 10.3. The van der Waals surface area contributed by atoms with Crippen molar-refractivity contribution in [1.82, 2.24) is 9.13 Å². The van der Waals surface area contributed by atoms with Gasteiger partial charge in [0.2, 0.25) is 0 Å². The van der Waals surface area contributed by atoms with E-state index in [2.05, 4.69) is 0 Å². The SMILES string of the molecule is CCn1cc([N+](=O)[O-])c(=O)n(CCC(C)=O)c1=O. The predicted molar refractivity (Wildman–Crippen MR) is 62.6 cm³/mol. The first-order valence-electron chi connectivity index (χ1n) is 5.36. The molecule has 1 aromatic rings. The summed E-state index contributed by atoms with van der Waals surface area (Å²) in [6.07, 6.45) is 0.912. The van der Waals surface area contributed by atoms with Crippen LogP contribution in [0, 0.1) is 10.1 Å². The minimum atomic E-state index is -0.976. The molecular weight excluding hydrogens is 242 g/mol. The van der Waals surface area contributed by atoms with Crippen LogP contribution in [0.2, 0.25) is 0 Å². The Balaban J connectivity index is 3.43. The standard InChI is InChI=1S/C10H13N3O5/c1-3-11-6-8(13(17)18)9(15)12(10(11)16)5-4-7(2)14/h6H,3-5H2,1-2H3. The van der Waals surface area contributed by atoms with Gasteiger partial charge in [-0.25, -0.2) is 4.79 Å². The largest absolute Gasteiger partial charge is 0.350 e. The highest BCUT2D eigenvalue weighted by atomic mass is 16.6. The number of nitrogens with zero attached hydrogens (tertiary/aromatic N) is 3. The Morgan fingerprint density at radius 2 is 2.06 bits per heavy atom. The van der Waals surface area contributed by atoms with E-state index in [-0.39, 0.29) is 25.3 Å². The van der Waals surface area contributed by atoms with Crippen LogP contribution < -0.4 is 11.2 Å².